The quantitative estimate of drug-likeness (QED) is 0.399. The minimum Gasteiger partial charge on any atom is -0.385 e. The lowest BCUT2D eigenvalue weighted by atomic mass is 9.92. The van der Waals surface area contributed by atoms with Crippen molar-refractivity contribution < 1.29 is 14.3 Å². The van der Waals surface area contributed by atoms with Crippen molar-refractivity contribution in [3.63, 3.8) is 0 Å². The maximum absolute atomic E-state index is 13.3. The Bertz CT molecular complexity index is 1180. The Morgan fingerprint density at radius 3 is 2.42 bits per heavy atom. The van der Waals surface area contributed by atoms with E-state index in [1.165, 1.54) is 0 Å². The van der Waals surface area contributed by atoms with E-state index in [0.29, 0.717) is 31.0 Å². The summed E-state index contributed by atoms with van der Waals surface area (Å²) in [4.78, 5) is 28.1. The first-order valence-corrected chi connectivity index (χ1v) is 12.5. The molecule has 1 N–H and O–H groups in total. The number of nitrogens with one attached hydrogen (secondary N) is 1. The fraction of sp³-hybridized carbons (Fsp3) is 0.414. The molecule has 0 radical (unpaired) electrons. The van der Waals surface area contributed by atoms with Gasteiger partial charge in [-0.2, -0.15) is 5.10 Å². The van der Waals surface area contributed by atoms with Gasteiger partial charge in [-0.15, -0.1) is 0 Å². The smallest absolute Gasteiger partial charge is 0.254 e. The molecule has 0 atom stereocenters. The van der Waals surface area contributed by atoms with Crippen molar-refractivity contribution in [3.05, 3.63) is 77.0 Å². The zero-order valence-corrected chi connectivity index (χ0v) is 22.3. The summed E-state index contributed by atoms with van der Waals surface area (Å²) < 4.78 is 6.92. The van der Waals surface area contributed by atoms with Crippen molar-refractivity contribution in [1.29, 1.82) is 0 Å². The first-order valence-electron chi connectivity index (χ1n) is 12.5. The topological polar surface area (TPSA) is 76.5 Å². The van der Waals surface area contributed by atoms with Gasteiger partial charge in [0.15, 0.2) is 0 Å². The normalized spacial score (nSPS) is 11.4. The summed E-state index contributed by atoms with van der Waals surface area (Å²) >= 11 is 0. The molecule has 0 aliphatic heterocycles. The fourth-order valence-electron chi connectivity index (χ4n) is 3.87. The number of aryl methyl sites for hydroxylation is 2. The van der Waals surface area contributed by atoms with Gasteiger partial charge in [-0.25, -0.2) is 4.68 Å². The second kappa shape index (κ2) is 12.0. The number of aromatic nitrogens is 2. The van der Waals surface area contributed by atoms with Gasteiger partial charge >= 0.3 is 0 Å². The van der Waals surface area contributed by atoms with Crippen molar-refractivity contribution >= 4 is 17.6 Å². The van der Waals surface area contributed by atoms with Gasteiger partial charge in [0.25, 0.3) is 5.91 Å². The van der Waals surface area contributed by atoms with Gasteiger partial charge in [0.05, 0.1) is 11.4 Å². The molecule has 0 aliphatic carbocycles. The van der Waals surface area contributed by atoms with Crippen molar-refractivity contribution in [2.45, 2.75) is 52.9 Å². The Labute approximate surface area is 214 Å². The molecule has 0 unspecified atom stereocenters. The Kier molecular flexibility index (Phi) is 9.04. The predicted octanol–water partition coefficient (Wildman–Crippen LogP) is 5.16. The van der Waals surface area contributed by atoms with Crippen LogP contribution < -0.4 is 5.32 Å². The van der Waals surface area contributed by atoms with Gasteiger partial charge in [0.2, 0.25) is 5.91 Å². The lowest BCUT2D eigenvalue weighted by molar-refractivity contribution is -0.117. The van der Waals surface area contributed by atoms with Gasteiger partial charge in [-0.3, -0.25) is 9.59 Å². The number of benzene rings is 2. The van der Waals surface area contributed by atoms with Crippen LogP contribution in [0.15, 0.2) is 54.6 Å². The Hall–Kier alpha value is -3.45. The number of methoxy groups -OCH3 is 1. The first-order chi connectivity index (χ1) is 17.1. The largest absolute Gasteiger partial charge is 0.385 e. The molecule has 192 valence electrons. The highest BCUT2D eigenvalue weighted by Gasteiger charge is 2.23. The third-order valence-corrected chi connectivity index (χ3v) is 6.00. The van der Waals surface area contributed by atoms with Crippen molar-refractivity contribution in [2.24, 2.45) is 0 Å². The molecule has 2 aromatic carbocycles. The number of hydrogen-bond acceptors (Lipinski definition) is 4. The van der Waals surface area contributed by atoms with Crippen molar-refractivity contribution in [2.75, 3.05) is 32.1 Å². The first kappa shape index (κ1) is 27.1. The number of ether oxygens (including phenoxy) is 1. The van der Waals surface area contributed by atoms with Crippen LogP contribution in [0.4, 0.5) is 5.82 Å². The molecular weight excluding hydrogens is 452 g/mol. The zero-order chi connectivity index (χ0) is 26.3. The highest BCUT2D eigenvalue weighted by atomic mass is 16.5. The van der Waals surface area contributed by atoms with Crippen LogP contribution in [-0.2, 0) is 21.4 Å². The molecule has 0 fully saturated rings. The molecule has 1 aromatic heterocycles. The summed E-state index contributed by atoms with van der Waals surface area (Å²) in [7, 11) is 1.63. The number of hydrogen-bond donors (Lipinski definition) is 1. The molecule has 0 saturated carbocycles. The molecule has 7 nitrogen and oxygen atoms in total. The van der Waals surface area contributed by atoms with Gasteiger partial charge < -0.3 is 15.0 Å². The summed E-state index contributed by atoms with van der Waals surface area (Å²) in [5.74, 6) is 0.124. The van der Waals surface area contributed by atoms with Gasteiger partial charge in [0, 0.05) is 37.3 Å². The van der Waals surface area contributed by atoms with E-state index in [1.54, 1.807) is 16.7 Å². The summed E-state index contributed by atoms with van der Waals surface area (Å²) in [6, 6.07) is 17.4. The third kappa shape index (κ3) is 7.04. The van der Waals surface area contributed by atoms with E-state index < -0.39 is 0 Å². The number of rotatable bonds is 10. The van der Waals surface area contributed by atoms with E-state index in [0.717, 1.165) is 28.9 Å². The number of nitrogens with zero attached hydrogens (tertiary/aromatic N) is 3. The zero-order valence-electron chi connectivity index (χ0n) is 22.3. The molecule has 0 bridgehead atoms. The van der Waals surface area contributed by atoms with E-state index in [1.807, 2.05) is 61.5 Å². The van der Waals surface area contributed by atoms with Crippen LogP contribution in [0.3, 0.4) is 0 Å². The highest BCUT2D eigenvalue weighted by molar-refractivity contribution is 5.99. The number of carbonyl (C=O) groups excluding carboxylic acids is 2. The van der Waals surface area contributed by atoms with Crippen molar-refractivity contribution in [3.8, 4) is 5.69 Å². The lowest BCUT2D eigenvalue weighted by Crippen LogP contribution is -2.39. The third-order valence-electron chi connectivity index (χ3n) is 6.00. The lowest BCUT2D eigenvalue weighted by Gasteiger charge is -2.22. The van der Waals surface area contributed by atoms with Crippen LogP contribution in [0.1, 0.15) is 61.3 Å². The second-order valence-corrected chi connectivity index (χ2v) is 10.1. The average Bonchev–Trinajstić information content (AvgIpc) is 3.27. The maximum atomic E-state index is 13.3. The van der Waals surface area contributed by atoms with E-state index in [4.69, 9.17) is 9.84 Å². The standard InChI is InChI=1S/C29H38N4O3/c1-7-22-12-14-23(15-13-22)28(35)32(16-9-17-36-6)20-27(34)30-26-19-25(29(3,4)5)31-33(26)24-11-8-10-21(2)18-24/h8,10-15,18-19H,7,9,16-17,20H2,1-6H3,(H,30,34). The monoisotopic (exact) mass is 490 g/mol. The number of anilines is 1. The van der Waals surface area contributed by atoms with Crippen molar-refractivity contribution in [1.82, 2.24) is 14.7 Å². The molecule has 3 rings (SSSR count). The molecule has 0 aliphatic rings. The van der Waals surface area contributed by atoms with Crippen LogP contribution in [0.2, 0.25) is 0 Å². The summed E-state index contributed by atoms with van der Waals surface area (Å²) in [6.45, 7) is 11.2. The second-order valence-electron chi connectivity index (χ2n) is 10.1. The number of carbonyl (C=O) groups is 2. The van der Waals surface area contributed by atoms with E-state index in [9.17, 15) is 9.59 Å². The summed E-state index contributed by atoms with van der Waals surface area (Å²) in [5, 5.41) is 7.79. The molecule has 36 heavy (non-hydrogen) atoms. The molecule has 1 heterocycles. The van der Waals surface area contributed by atoms with Crippen LogP contribution in [0.5, 0.6) is 0 Å². The van der Waals surface area contributed by atoms with E-state index >= 15 is 0 Å². The molecular formula is C29H38N4O3. The molecule has 3 aromatic rings. The molecule has 7 heteroatoms. The predicted molar refractivity (Wildman–Crippen MR) is 144 cm³/mol. The maximum Gasteiger partial charge on any atom is 0.254 e. The van der Waals surface area contributed by atoms with Crippen LogP contribution in [-0.4, -0.2) is 53.3 Å². The Balaban J connectivity index is 1.84. The Morgan fingerprint density at radius 2 is 1.81 bits per heavy atom. The van der Waals surface area contributed by atoms with E-state index in [2.05, 4.69) is 33.0 Å². The van der Waals surface area contributed by atoms with E-state index in [-0.39, 0.29) is 23.8 Å². The molecule has 0 spiro atoms. The Morgan fingerprint density at radius 1 is 1.08 bits per heavy atom. The van der Waals surface area contributed by atoms with Crippen LogP contribution >= 0.6 is 0 Å². The minimum atomic E-state index is -0.278. The number of amides is 2. The summed E-state index contributed by atoms with van der Waals surface area (Å²) in [5.41, 5.74) is 4.36. The van der Waals surface area contributed by atoms with Crippen LogP contribution in [0.25, 0.3) is 5.69 Å². The fourth-order valence-corrected chi connectivity index (χ4v) is 3.87. The minimum absolute atomic E-state index is 0.0675. The van der Waals surface area contributed by atoms with Gasteiger partial charge in [-0.05, 0) is 55.2 Å². The van der Waals surface area contributed by atoms with Gasteiger partial charge in [-0.1, -0.05) is 52.0 Å². The molecule has 2 amide bonds. The molecule has 0 saturated heterocycles. The highest BCUT2D eigenvalue weighted by Crippen LogP contribution is 2.26. The van der Waals surface area contributed by atoms with Crippen LogP contribution in [0, 0.1) is 6.92 Å². The average molecular weight is 491 g/mol. The SMILES string of the molecule is CCc1ccc(C(=O)N(CCCOC)CC(=O)Nc2cc(C(C)(C)C)nn2-c2cccc(C)c2)cc1. The van der Waals surface area contributed by atoms with Gasteiger partial charge in [0.1, 0.15) is 12.4 Å². The summed E-state index contributed by atoms with van der Waals surface area (Å²) in [6.07, 6.45) is 1.54.